The summed E-state index contributed by atoms with van der Waals surface area (Å²) < 4.78 is 5.58. The van der Waals surface area contributed by atoms with Gasteiger partial charge in [-0.05, 0) is 30.5 Å². The number of halogens is 1. The number of urea groups is 1. The largest absolute Gasteiger partial charge is 0.469 e. The summed E-state index contributed by atoms with van der Waals surface area (Å²) in [6.07, 6.45) is 3.91. The first-order chi connectivity index (χ1) is 13.8. The fraction of sp³-hybridized carbons (Fsp3) is 0.500. The van der Waals surface area contributed by atoms with Crippen molar-refractivity contribution >= 4 is 39.7 Å². The van der Waals surface area contributed by atoms with Crippen molar-refractivity contribution in [1.29, 1.82) is 0 Å². The third-order valence-corrected chi connectivity index (χ3v) is 5.99. The lowest BCUT2D eigenvalue weighted by atomic mass is 9.82. The van der Waals surface area contributed by atoms with Gasteiger partial charge < -0.3 is 15.4 Å². The summed E-state index contributed by atoms with van der Waals surface area (Å²) in [4.78, 5) is 50.6. The Balaban J connectivity index is 1.69. The molecule has 29 heavy (non-hydrogen) atoms. The summed E-state index contributed by atoms with van der Waals surface area (Å²) in [7, 11) is 1.28. The van der Waals surface area contributed by atoms with E-state index >= 15 is 0 Å². The second kappa shape index (κ2) is 8.94. The Hall–Kier alpha value is -2.42. The predicted octanol–water partition coefficient (Wildman–Crippen LogP) is 2.42. The summed E-state index contributed by atoms with van der Waals surface area (Å²) in [6, 6.07) is 5.99. The van der Waals surface area contributed by atoms with Gasteiger partial charge in [0.05, 0.1) is 19.6 Å². The van der Waals surface area contributed by atoms with E-state index in [-0.39, 0.29) is 18.9 Å². The van der Waals surface area contributed by atoms with Gasteiger partial charge in [0.25, 0.3) is 5.91 Å². The van der Waals surface area contributed by atoms with E-state index in [9.17, 15) is 19.2 Å². The van der Waals surface area contributed by atoms with Crippen LogP contribution < -0.4 is 10.6 Å². The van der Waals surface area contributed by atoms with Crippen LogP contribution in [0.1, 0.15) is 50.1 Å². The molecule has 1 saturated heterocycles. The highest BCUT2D eigenvalue weighted by Crippen LogP contribution is 2.33. The second-order valence-electron chi connectivity index (χ2n) is 7.42. The number of benzene rings is 1. The van der Waals surface area contributed by atoms with Crippen LogP contribution in [0.3, 0.4) is 0 Å². The predicted molar refractivity (Wildman–Crippen MR) is 108 cm³/mol. The van der Waals surface area contributed by atoms with E-state index in [0.717, 1.165) is 28.6 Å². The molecule has 1 heterocycles. The van der Waals surface area contributed by atoms with Crippen molar-refractivity contribution in [2.75, 3.05) is 13.7 Å². The molecule has 0 aromatic heterocycles. The van der Waals surface area contributed by atoms with Gasteiger partial charge in [-0.1, -0.05) is 47.3 Å². The van der Waals surface area contributed by atoms with Gasteiger partial charge >= 0.3 is 12.0 Å². The van der Waals surface area contributed by atoms with Gasteiger partial charge in [-0.25, -0.2) is 4.79 Å². The van der Waals surface area contributed by atoms with Crippen molar-refractivity contribution in [3.8, 4) is 0 Å². The molecule has 9 heteroatoms. The molecule has 2 fully saturated rings. The number of amides is 4. The van der Waals surface area contributed by atoms with Gasteiger partial charge in [-0.15, -0.1) is 0 Å². The Labute approximate surface area is 177 Å². The van der Waals surface area contributed by atoms with Gasteiger partial charge in [0.15, 0.2) is 0 Å². The highest BCUT2D eigenvalue weighted by molar-refractivity contribution is 9.10. The average molecular weight is 466 g/mol. The molecule has 0 radical (unpaired) electrons. The molecule has 1 unspecified atom stereocenters. The molecule has 156 valence electrons. The average Bonchev–Trinajstić information content (AvgIpc) is 2.92. The van der Waals surface area contributed by atoms with Crippen LogP contribution in [0.25, 0.3) is 0 Å². The summed E-state index contributed by atoms with van der Waals surface area (Å²) in [5.74, 6) is -1.34. The summed E-state index contributed by atoms with van der Waals surface area (Å²) in [6.45, 7) is -0.388. The second-order valence-corrected chi connectivity index (χ2v) is 8.33. The number of rotatable bonds is 6. The molecule has 0 bridgehead atoms. The van der Waals surface area contributed by atoms with E-state index in [4.69, 9.17) is 4.74 Å². The van der Waals surface area contributed by atoms with Crippen molar-refractivity contribution in [3.05, 3.63) is 34.3 Å². The number of hydrogen-bond donors (Lipinski definition) is 2. The number of carbonyl (C=O) groups excluding carboxylic acids is 4. The normalized spacial score (nSPS) is 19.0. The summed E-state index contributed by atoms with van der Waals surface area (Å²) >= 11 is 3.35. The van der Waals surface area contributed by atoms with E-state index < -0.39 is 29.5 Å². The maximum Gasteiger partial charge on any atom is 0.325 e. The van der Waals surface area contributed by atoms with Crippen molar-refractivity contribution in [3.63, 3.8) is 0 Å². The lowest BCUT2D eigenvalue weighted by Crippen LogP contribution is -2.49. The lowest BCUT2D eigenvalue weighted by molar-refractivity contribution is -0.141. The first kappa shape index (κ1) is 21.3. The lowest BCUT2D eigenvalue weighted by Gasteiger charge is -2.30. The highest BCUT2D eigenvalue weighted by Gasteiger charge is 2.51. The van der Waals surface area contributed by atoms with Gasteiger partial charge in [0, 0.05) is 4.47 Å². The van der Waals surface area contributed by atoms with Crippen LogP contribution in [-0.2, 0) is 19.1 Å². The van der Waals surface area contributed by atoms with Crippen LogP contribution >= 0.6 is 15.9 Å². The molecule has 1 saturated carbocycles. The standard InChI is InChI=1S/C20H24BrN3O5/c1-29-17(26)11-15(13-5-7-14(21)8-6-13)22-16(25)12-24-18(27)20(23-19(24)28)9-3-2-4-10-20/h5-8,15H,2-4,9-12H2,1H3,(H,22,25)(H,23,28). The van der Waals surface area contributed by atoms with Crippen LogP contribution in [-0.4, -0.2) is 47.9 Å². The van der Waals surface area contributed by atoms with Gasteiger partial charge in [0.2, 0.25) is 5.91 Å². The van der Waals surface area contributed by atoms with Crippen LogP contribution in [0.5, 0.6) is 0 Å². The van der Waals surface area contributed by atoms with Crippen molar-refractivity contribution in [2.24, 2.45) is 0 Å². The zero-order chi connectivity index (χ0) is 21.0. The molecular formula is C20H24BrN3O5. The number of esters is 1. The maximum atomic E-state index is 12.8. The Morgan fingerprint density at radius 2 is 1.86 bits per heavy atom. The minimum atomic E-state index is -0.868. The SMILES string of the molecule is COC(=O)CC(NC(=O)CN1C(=O)NC2(CCCCC2)C1=O)c1ccc(Br)cc1. The number of nitrogens with one attached hydrogen (secondary N) is 2. The Morgan fingerprint density at radius 3 is 2.48 bits per heavy atom. The molecule has 1 aromatic carbocycles. The molecule has 1 aliphatic carbocycles. The van der Waals surface area contributed by atoms with E-state index in [1.165, 1.54) is 7.11 Å². The molecular weight excluding hydrogens is 442 g/mol. The first-order valence-electron chi connectivity index (χ1n) is 9.60. The maximum absolute atomic E-state index is 12.8. The van der Waals surface area contributed by atoms with Crippen LogP contribution in [0.4, 0.5) is 4.79 Å². The first-order valence-corrected chi connectivity index (χ1v) is 10.4. The third-order valence-electron chi connectivity index (χ3n) is 5.46. The molecule has 1 aliphatic heterocycles. The number of methoxy groups -OCH3 is 1. The minimum absolute atomic E-state index is 0.0616. The van der Waals surface area contributed by atoms with E-state index in [1.807, 2.05) is 0 Å². The molecule has 1 aromatic rings. The molecule has 3 rings (SSSR count). The summed E-state index contributed by atoms with van der Waals surface area (Å²) in [5.41, 5.74) is -0.153. The number of imide groups is 1. The van der Waals surface area contributed by atoms with Gasteiger partial charge in [-0.2, -0.15) is 0 Å². The van der Waals surface area contributed by atoms with Crippen LogP contribution in [0.2, 0.25) is 0 Å². The minimum Gasteiger partial charge on any atom is -0.469 e. The van der Waals surface area contributed by atoms with Gasteiger partial charge in [0.1, 0.15) is 12.1 Å². The smallest absolute Gasteiger partial charge is 0.325 e. The van der Waals surface area contributed by atoms with E-state index in [1.54, 1.807) is 24.3 Å². The van der Waals surface area contributed by atoms with Crippen LogP contribution in [0.15, 0.2) is 28.7 Å². The van der Waals surface area contributed by atoms with E-state index in [0.29, 0.717) is 18.4 Å². The van der Waals surface area contributed by atoms with Crippen molar-refractivity contribution in [2.45, 2.75) is 50.1 Å². The molecule has 1 atom stereocenters. The topological polar surface area (TPSA) is 105 Å². The third kappa shape index (κ3) is 4.77. The number of ether oxygens (including phenoxy) is 1. The molecule has 4 amide bonds. The van der Waals surface area contributed by atoms with Crippen molar-refractivity contribution < 1.29 is 23.9 Å². The molecule has 2 aliphatic rings. The van der Waals surface area contributed by atoms with Crippen molar-refractivity contribution in [1.82, 2.24) is 15.5 Å². The summed E-state index contributed by atoms with van der Waals surface area (Å²) in [5, 5.41) is 5.53. The monoisotopic (exact) mass is 465 g/mol. The fourth-order valence-corrected chi connectivity index (χ4v) is 4.16. The highest BCUT2D eigenvalue weighted by atomic mass is 79.9. The number of hydrogen-bond acceptors (Lipinski definition) is 5. The number of carbonyl (C=O) groups is 4. The van der Waals surface area contributed by atoms with Gasteiger partial charge in [-0.3, -0.25) is 19.3 Å². The zero-order valence-electron chi connectivity index (χ0n) is 16.2. The fourth-order valence-electron chi connectivity index (χ4n) is 3.89. The number of nitrogens with zero attached hydrogens (tertiary/aromatic N) is 1. The Kier molecular flexibility index (Phi) is 6.56. The molecule has 2 N–H and O–H groups in total. The Bertz CT molecular complexity index is 805. The quantitative estimate of drug-likeness (QED) is 0.495. The Morgan fingerprint density at radius 1 is 1.21 bits per heavy atom. The van der Waals surface area contributed by atoms with E-state index in [2.05, 4.69) is 26.6 Å². The van der Waals surface area contributed by atoms with Crippen LogP contribution in [0, 0.1) is 0 Å². The zero-order valence-corrected chi connectivity index (χ0v) is 17.8. The molecule has 8 nitrogen and oxygen atoms in total. The molecule has 1 spiro atoms.